The van der Waals surface area contributed by atoms with Gasteiger partial charge in [-0.2, -0.15) is 0 Å². The molecule has 1 aliphatic rings. The van der Waals surface area contributed by atoms with Crippen molar-refractivity contribution in [2.75, 3.05) is 6.61 Å². The normalized spacial score (nSPS) is 16.1. The summed E-state index contributed by atoms with van der Waals surface area (Å²) in [6.07, 6.45) is 5.25. The van der Waals surface area contributed by atoms with Gasteiger partial charge in [-0.1, -0.05) is 31.1 Å². The summed E-state index contributed by atoms with van der Waals surface area (Å²) < 4.78 is 5.90. The van der Waals surface area contributed by atoms with Crippen LogP contribution in [0, 0.1) is 12.8 Å². The van der Waals surface area contributed by atoms with Gasteiger partial charge in [0.05, 0.1) is 12.2 Å². The van der Waals surface area contributed by atoms with Crippen LogP contribution in [0.3, 0.4) is 0 Å². The Balaban J connectivity index is 2.07. The first kappa shape index (κ1) is 12.4. The Kier molecular flexibility index (Phi) is 4.00. The molecule has 1 aliphatic carbocycles. The highest BCUT2D eigenvalue weighted by Crippen LogP contribution is 2.27. The third-order valence-corrected chi connectivity index (χ3v) is 3.57. The summed E-state index contributed by atoms with van der Waals surface area (Å²) in [6.45, 7) is 2.84. The fourth-order valence-electron chi connectivity index (χ4n) is 2.34. The Hall–Kier alpha value is -1.09. The van der Waals surface area contributed by atoms with E-state index in [1.54, 1.807) is 0 Å². The fraction of sp³-hybridized carbons (Fsp3) is 0.500. The van der Waals surface area contributed by atoms with Crippen LogP contribution in [0.2, 0.25) is 0 Å². The van der Waals surface area contributed by atoms with E-state index in [1.807, 2.05) is 25.1 Å². The molecule has 1 saturated carbocycles. The van der Waals surface area contributed by atoms with Gasteiger partial charge >= 0.3 is 0 Å². The van der Waals surface area contributed by atoms with Crippen LogP contribution in [0.1, 0.15) is 36.8 Å². The summed E-state index contributed by atoms with van der Waals surface area (Å²) in [5.41, 5.74) is 7.72. The highest BCUT2D eigenvalue weighted by molar-refractivity contribution is 7.80. The van der Waals surface area contributed by atoms with E-state index in [9.17, 15) is 0 Å². The minimum atomic E-state index is 0.409. The number of hydrogen-bond donors (Lipinski definition) is 1. The lowest BCUT2D eigenvalue weighted by molar-refractivity contribution is 0.251. The van der Waals surface area contributed by atoms with Crippen LogP contribution in [-0.2, 0) is 0 Å². The number of ether oxygens (including phenoxy) is 1. The van der Waals surface area contributed by atoms with Gasteiger partial charge in [0.2, 0.25) is 0 Å². The molecule has 0 bridgehead atoms. The van der Waals surface area contributed by atoms with Gasteiger partial charge in [-0.15, -0.1) is 0 Å². The van der Waals surface area contributed by atoms with E-state index in [0.717, 1.165) is 17.9 Å². The molecule has 0 radical (unpaired) electrons. The number of nitrogens with two attached hydrogens (primary N) is 1. The quantitative estimate of drug-likeness (QED) is 0.832. The molecular weight excluding hydrogens is 230 g/mol. The van der Waals surface area contributed by atoms with Crippen molar-refractivity contribution < 1.29 is 4.74 Å². The molecular formula is C14H19NOS. The Morgan fingerprint density at radius 2 is 2.12 bits per heavy atom. The number of benzene rings is 1. The first-order chi connectivity index (χ1) is 8.16. The molecule has 0 atom stereocenters. The van der Waals surface area contributed by atoms with Crippen LogP contribution in [0.15, 0.2) is 18.2 Å². The Bertz CT molecular complexity index is 411. The molecule has 1 aromatic carbocycles. The molecule has 0 aromatic heterocycles. The van der Waals surface area contributed by atoms with Crippen molar-refractivity contribution in [3.8, 4) is 5.75 Å². The molecule has 0 heterocycles. The smallest absolute Gasteiger partial charge is 0.129 e. The van der Waals surface area contributed by atoms with E-state index in [0.29, 0.717) is 10.9 Å². The van der Waals surface area contributed by atoms with Gasteiger partial charge in [-0.05, 0) is 43.4 Å². The lowest BCUT2D eigenvalue weighted by Crippen LogP contribution is -2.14. The standard InChI is InChI=1S/C14H19NOS/c1-10-6-7-12(14(15)17)13(8-10)16-9-11-4-2-3-5-11/h6-8,11H,2-5,9H2,1H3,(H2,15,17). The monoisotopic (exact) mass is 249 g/mol. The van der Waals surface area contributed by atoms with Gasteiger partial charge in [0.25, 0.3) is 0 Å². The third kappa shape index (κ3) is 3.19. The van der Waals surface area contributed by atoms with Crippen molar-refractivity contribution in [1.29, 1.82) is 0 Å². The molecule has 17 heavy (non-hydrogen) atoms. The van der Waals surface area contributed by atoms with Crippen molar-refractivity contribution in [1.82, 2.24) is 0 Å². The van der Waals surface area contributed by atoms with Crippen LogP contribution < -0.4 is 10.5 Å². The average molecular weight is 249 g/mol. The maximum absolute atomic E-state index is 5.90. The van der Waals surface area contributed by atoms with E-state index in [2.05, 4.69) is 0 Å². The predicted octanol–water partition coefficient (Wildman–Crippen LogP) is 3.20. The molecule has 2 nitrogen and oxygen atoms in total. The van der Waals surface area contributed by atoms with Crippen LogP contribution in [0.25, 0.3) is 0 Å². The zero-order chi connectivity index (χ0) is 12.3. The Labute approximate surface area is 108 Å². The van der Waals surface area contributed by atoms with Crippen molar-refractivity contribution in [3.05, 3.63) is 29.3 Å². The number of rotatable bonds is 4. The predicted molar refractivity (Wildman–Crippen MR) is 74.5 cm³/mol. The molecule has 0 saturated heterocycles. The largest absolute Gasteiger partial charge is 0.493 e. The van der Waals surface area contributed by atoms with E-state index in [1.165, 1.54) is 31.2 Å². The second kappa shape index (κ2) is 5.50. The Morgan fingerprint density at radius 1 is 1.41 bits per heavy atom. The molecule has 3 heteroatoms. The zero-order valence-corrected chi connectivity index (χ0v) is 11.1. The Morgan fingerprint density at radius 3 is 2.76 bits per heavy atom. The summed E-state index contributed by atoms with van der Waals surface area (Å²) >= 11 is 5.04. The second-order valence-corrected chi connectivity index (χ2v) is 5.27. The van der Waals surface area contributed by atoms with E-state index < -0.39 is 0 Å². The van der Waals surface area contributed by atoms with Crippen LogP contribution >= 0.6 is 12.2 Å². The van der Waals surface area contributed by atoms with E-state index in [-0.39, 0.29) is 0 Å². The highest BCUT2D eigenvalue weighted by atomic mass is 32.1. The maximum Gasteiger partial charge on any atom is 0.129 e. The van der Waals surface area contributed by atoms with Gasteiger partial charge in [0.1, 0.15) is 10.7 Å². The van der Waals surface area contributed by atoms with Crippen molar-refractivity contribution >= 4 is 17.2 Å². The molecule has 1 fully saturated rings. The number of hydrogen-bond acceptors (Lipinski definition) is 2. The van der Waals surface area contributed by atoms with Gasteiger partial charge in [0, 0.05) is 0 Å². The summed E-state index contributed by atoms with van der Waals surface area (Å²) in [4.78, 5) is 0.409. The van der Waals surface area contributed by atoms with Crippen molar-refractivity contribution in [3.63, 3.8) is 0 Å². The summed E-state index contributed by atoms with van der Waals surface area (Å²) in [7, 11) is 0. The molecule has 0 amide bonds. The third-order valence-electron chi connectivity index (χ3n) is 3.35. The lowest BCUT2D eigenvalue weighted by Gasteiger charge is -2.14. The lowest BCUT2D eigenvalue weighted by atomic mass is 10.1. The van der Waals surface area contributed by atoms with Crippen molar-refractivity contribution in [2.24, 2.45) is 11.7 Å². The van der Waals surface area contributed by atoms with E-state index in [4.69, 9.17) is 22.7 Å². The minimum Gasteiger partial charge on any atom is -0.493 e. The first-order valence-electron chi connectivity index (χ1n) is 6.20. The molecule has 2 rings (SSSR count). The maximum atomic E-state index is 5.90. The molecule has 0 unspecified atom stereocenters. The van der Waals surface area contributed by atoms with Crippen molar-refractivity contribution in [2.45, 2.75) is 32.6 Å². The average Bonchev–Trinajstić information content (AvgIpc) is 2.78. The molecule has 2 N–H and O–H groups in total. The van der Waals surface area contributed by atoms with Gasteiger partial charge < -0.3 is 10.5 Å². The molecule has 1 aromatic rings. The topological polar surface area (TPSA) is 35.2 Å². The van der Waals surface area contributed by atoms with Gasteiger partial charge in [0.15, 0.2) is 0 Å². The van der Waals surface area contributed by atoms with Crippen LogP contribution in [0.5, 0.6) is 5.75 Å². The zero-order valence-electron chi connectivity index (χ0n) is 10.2. The molecule has 92 valence electrons. The fourth-order valence-corrected chi connectivity index (χ4v) is 2.51. The summed E-state index contributed by atoms with van der Waals surface area (Å²) in [5.74, 6) is 1.54. The highest BCUT2D eigenvalue weighted by Gasteiger charge is 2.16. The minimum absolute atomic E-state index is 0.409. The second-order valence-electron chi connectivity index (χ2n) is 4.83. The summed E-state index contributed by atoms with van der Waals surface area (Å²) in [5, 5.41) is 0. The summed E-state index contributed by atoms with van der Waals surface area (Å²) in [6, 6.07) is 5.97. The molecule has 0 spiro atoms. The first-order valence-corrected chi connectivity index (χ1v) is 6.61. The number of aryl methyl sites for hydroxylation is 1. The van der Waals surface area contributed by atoms with Crippen LogP contribution in [0.4, 0.5) is 0 Å². The molecule has 0 aliphatic heterocycles. The van der Waals surface area contributed by atoms with Crippen LogP contribution in [-0.4, -0.2) is 11.6 Å². The SMILES string of the molecule is Cc1ccc(C(N)=S)c(OCC2CCCC2)c1. The van der Waals surface area contributed by atoms with E-state index >= 15 is 0 Å². The van der Waals surface area contributed by atoms with Gasteiger partial charge in [-0.3, -0.25) is 0 Å². The van der Waals surface area contributed by atoms with Gasteiger partial charge in [-0.25, -0.2) is 0 Å². The number of thiocarbonyl (C=S) groups is 1.